The Morgan fingerprint density at radius 3 is 2.16 bits per heavy atom. The number of carbonyl (C=O) groups excluding carboxylic acids is 2. The van der Waals surface area contributed by atoms with Crippen LogP contribution in [0.4, 0.5) is 4.79 Å². The van der Waals surface area contributed by atoms with Crippen molar-refractivity contribution in [1.82, 2.24) is 10.6 Å². The third-order valence-electron chi connectivity index (χ3n) is 6.18. The van der Waals surface area contributed by atoms with Crippen LogP contribution in [-0.2, 0) is 14.3 Å². The molecule has 0 aliphatic heterocycles. The van der Waals surface area contributed by atoms with Gasteiger partial charge in [-0.25, -0.2) is 4.79 Å². The van der Waals surface area contributed by atoms with E-state index in [4.69, 9.17) is 9.84 Å². The molecule has 0 bridgehead atoms. The molecule has 0 saturated heterocycles. The largest absolute Gasteiger partial charge is 0.481 e. The van der Waals surface area contributed by atoms with E-state index in [0.29, 0.717) is 12.8 Å². The Bertz CT molecular complexity index is 953. The Morgan fingerprint density at radius 1 is 1.00 bits per heavy atom. The fourth-order valence-corrected chi connectivity index (χ4v) is 4.48. The lowest BCUT2D eigenvalue weighted by molar-refractivity contribution is -0.136. The molecule has 0 aromatic heterocycles. The number of alkyl carbamates (subject to hydrolysis) is 1. The van der Waals surface area contributed by atoms with Gasteiger partial charge in [0.15, 0.2) is 0 Å². The van der Waals surface area contributed by atoms with Crippen LogP contribution in [-0.4, -0.2) is 41.8 Å². The number of hydrogen-bond donors (Lipinski definition) is 3. The van der Waals surface area contributed by atoms with Crippen LogP contribution in [0.1, 0.15) is 49.1 Å². The number of rotatable bonds is 8. The average molecular weight is 422 g/mol. The van der Waals surface area contributed by atoms with Crippen molar-refractivity contribution in [2.24, 2.45) is 0 Å². The van der Waals surface area contributed by atoms with Crippen LogP contribution in [0.2, 0.25) is 0 Å². The van der Waals surface area contributed by atoms with E-state index in [1.807, 2.05) is 24.3 Å². The summed E-state index contributed by atoms with van der Waals surface area (Å²) in [5, 5.41) is 14.2. The summed E-state index contributed by atoms with van der Waals surface area (Å²) >= 11 is 0. The highest BCUT2D eigenvalue weighted by atomic mass is 16.5. The lowest BCUT2D eigenvalue weighted by Gasteiger charge is -2.41. The molecule has 0 unspecified atom stereocenters. The van der Waals surface area contributed by atoms with Crippen LogP contribution in [0.5, 0.6) is 0 Å². The van der Waals surface area contributed by atoms with Gasteiger partial charge in [-0.3, -0.25) is 9.59 Å². The first-order valence-electron chi connectivity index (χ1n) is 10.6. The smallest absolute Gasteiger partial charge is 0.407 e. The van der Waals surface area contributed by atoms with Crippen molar-refractivity contribution in [3.63, 3.8) is 0 Å². The highest BCUT2D eigenvalue weighted by Crippen LogP contribution is 2.44. The molecule has 2 aromatic rings. The number of ether oxygens (including phenoxy) is 1. The van der Waals surface area contributed by atoms with Gasteiger partial charge in [0, 0.05) is 18.9 Å². The van der Waals surface area contributed by atoms with E-state index in [9.17, 15) is 14.4 Å². The first-order valence-corrected chi connectivity index (χ1v) is 10.6. The second kappa shape index (κ2) is 8.79. The number of carbonyl (C=O) groups is 3. The number of fused-ring (bicyclic) bond motifs is 3. The number of carboxylic acids is 1. The highest BCUT2D eigenvalue weighted by molar-refractivity contribution is 5.80. The molecule has 0 heterocycles. The van der Waals surface area contributed by atoms with Crippen molar-refractivity contribution < 1.29 is 24.2 Å². The van der Waals surface area contributed by atoms with E-state index in [0.717, 1.165) is 17.5 Å². The predicted molar refractivity (Wildman–Crippen MR) is 115 cm³/mol. The van der Waals surface area contributed by atoms with Crippen molar-refractivity contribution in [2.45, 2.75) is 43.6 Å². The molecule has 0 radical (unpaired) electrons. The molecule has 2 aliphatic carbocycles. The third-order valence-corrected chi connectivity index (χ3v) is 6.18. The van der Waals surface area contributed by atoms with Gasteiger partial charge in [0.05, 0.1) is 12.0 Å². The summed E-state index contributed by atoms with van der Waals surface area (Å²) in [5.74, 6) is -1.25. The minimum atomic E-state index is -0.963. The van der Waals surface area contributed by atoms with Crippen molar-refractivity contribution in [2.75, 3.05) is 13.2 Å². The predicted octanol–water partition coefficient (Wildman–Crippen LogP) is 3.43. The minimum absolute atomic E-state index is 0.0187. The SMILES string of the molecule is O=C(O)CCNC(=O)CC1(NC(=O)OCC2c3ccccc3-c3ccccc32)CCC1. The molecule has 0 spiro atoms. The molecule has 2 aromatic carbocycles. The Kier molecular flexibility index (Phi) is 5.93. The number of carboxylic acid groups (broad SMARTS) is 1. The van der Waals surface area contributed by atoms with Gasteiger partial charge < -0.3 is 20.5 Å². The number of aliphatic carboxylic acids is 1. The molecule has 0 atom stereocenters. The van der Waals surface area contributed by atoms with Crippen molar-refractivity contribution >= 4 is 18.0 Å². The number of benzene rings is 2. The summed E-state index contributed by atoms with van der Waals surface area (Å²) in [6.07, 6.45) is 1.79. The molecule has 2 aliphatic rings. The zero-order chi connectivity index (χ0) is 21.8. The number of nitrogens with one attached hydrogen (secondary N) is 2. The standard InChI is InChI=1S/C24H26N2O5/c27-21(25-13-10-22(28)29)14-24(11-5-12-24)26-23(30)31-15-20-18-8-3-1-6-16(18)17-7-2-4-9-19(17)20/h1-4,6-9,20H,5,10-15H2,(H,25,27)(H,26,30)(H,28,29). The van der Waals surface area contributed by atoms with Gasteiger partial charge in [-0.2, -0.15) is 0 Å². The van der Waals surface area contributed by atoms with Crippen LogP contribution in [0.15, 0.2) is 48.5 Å². The summed E-state index contributed by atoms with van der Waals surface area (Å²) in [5.41, 5.74) is 4.01. The monoisotopic (exact) mass is 422 g/mol. The van der Waals surface area contributed by atoms with Gasteiger partial charge in [0.1, 0.15) is 6.61 Å². The molecular weight excluding hydrogens is 396 g/mol. The second-order valence-electron chi connectivity index (χ2n) is 8.25. The van der Waals surface area contributed by atoms with Crippen molar-refractivity contribution in [3.05, 3.63) is 59.7 Å². The molecule has 3 N–H and O–H groups in total. The molecular formula is C24H26N2O5. The van der Waals surface area contributed by atoms with E-state index < -0.39 is 17.6 Å². The average Bonchev–Trinajstić information content (AvgIpc) is 3.04. The van der Waals surface area contributed by atoms with Crippen molar-refractivity contribution in [1.29, 1.82) is 0 Å². The second-order valence-corrected chi connectivity index (χ2v) is 8.25. The van der Waals surface area contributed by atoms with Gasteiger partial charge in [-0.15, -0.1) is 0 Å². The lowest BCUT2D eigenvalue weighted by atomic mass is 9.74. The van der Waals surface area contributed by atoms with Crippen LogP contribution >= 0.6 is 0 Å². The van der Waals surface area contributed by atoms with Crippen LogP contribution in [0, 0.1) is 0 Å². The van der Waals surface area contributed by atoms with Gasteiger partial charge in [0.25, 0.3) is 0 Å². The third kappa shape index (κ3) is 4.55. The molecule has 31 heavy (non-hydrogen) atoms. The topological polar surface area (TPSA) is 105 Å². The van der Waals surface area contributed by atoms with Crippen LogP contribution in [0.3, 0.4) is 0 Å². The van der Waals surface area contributed by atoms with Crippen LogP contribution in [0.25, 0.3) is 11.1 Å². The van der Waals surface area contributed by atoms with Gasteiger partial charge in [-0.1, -0.05) is 48.5 Å². The number of hydrogen-bond acceptors (Lipinski definition) is 4. The first kappa shape index (κ1) is 20.9. The zero-order valence-corrected chi connectivity index (χ0v) is 17.2. The maximum atomic E-state index is 12.6. The molecule has 7 nitrogen and oxygen atoms in total. The fraction of sp³-hybridized carbons (Fsp3) is 0.375. The molecule has 2 amide bonds. The Labute approximate surface area is 180 Å². The highest BCUT2D eigenvalue weighted by Gasteiger charge is 2.41. The molecule has 1 saturated carbocycles. The molecule has 1 fully saturated rings. The summed E-state index contributed by atoms with van der Waals surface area (Å²) in [6, 6.07) is 16.3. The Balaban J connectivity index is 1.35. The minimum Gasteiger partial charge on any atom is -0.481 e. The summed E-state index contributed by atoms with van der Waals surface area (Å²) < 4.78 is 5.61. The van der Waals surface area contributed by atoms with E-state index in [1.54, 1.807) is 0 Å². The lowest BCUT2D eigenvalue weighted by Crippen LogP contribution is -2.56. The molecule has 4 rings (SSSR count). The Morgan fingerprint density at radius 2 is 1.61 bits per heavy atom. The maximum absolute atomic E-state index is 12.6. The number of amides is 2. The van der Waals surface area contributed by atoms with E-state index in [2.05, 4.69) is 34.9 Å². The summed E-state index contributed by atoms with van der Waals surface area (Å²) in [6.45, 7) is 0.302. The van der Waals surface area contributed by atoms with E-state index >= 15 is 0 Å². The van der Waals surface area contributed by atoms with Crippen LogP contribution < -0.4 is 10.6 Å². The van der Waals surface area contributed by atoms with Gasteiger partial charge in [-0.05, 0) is 41.5 Å². The normalized spacial score (nSPS) is 15.9. The summed E-state index contributed by atoms with van der Waals surface area (Å²) in [4.78, 5) is 35.3. The fourth-order valence-electron chi connectivity index (χ4n) is 4.48. The first-order chi connectivity index (χ1) is 15.0. The van der Waals surface area contributed by atoms with Gasteiger partial charge >= 0.3 is 12.1 Å². The quantitative estimate of drug-likeness (QED) is 0.605. The maximum Gasteiger partial charge on any atom is 0.407 e. The Hall–Kier alpha value is -3.35. The van der Waals surface area contributed by atoms with Crippen molar-refractivity contribution in [3.8, 4) is 11.1 Å². The summed E-state index contributed by atoms with van der Waals surface area (Å²) in [7, 11) is 0. The van der Waals surface area contributed by atoms with Gasteiger partial charge in [0.2, 0.25) is 5.91 Å². The van der Waals surface area contributed by atoms with E-state index in [1.165, 1.54) is 11.1 Å². The zero-order valence-electron chi connectivity index (χ0n) is 17.2. The molecule has 162 valence electrons. The van der Waals surface area contributed by atoms with E-state index in [-0.39, 0.29) is 37.8 Å². The molecule has 7 heteroatoms.